The van der Waals surface area contributed by atoms with Crippen molar-refractivity contribution < 1.29 is 19.4 Å². The fourth-order valence-electron chi connectivity index (χ4n) is 4.68. The summed E-state index contributed by atoms with van der Waals surface area (Å²) < 4.78 is 5.85. The molecule has 0 radical (unpaired) electrons. The highest BCUT2D eigenvalue weighted by Gasteiger charge is 2.42. The van der Waals surface area contributed by atoms with Crippen molar-refractivity contribution in [1.82, 2.24) is 0 Å². The van der Waals surface area contributed by atoms with Crippen molar-refractivity contribution in [3.63, 3.8) is 0 Å². The van der Waals surface area contributed by atoms with Crippen molar-refractivity contribution in [2.45, 2.75) is 51.4 Å². The van der Waals surface area contributed by atoms with Gasteiger partial charge >= 0.3 is 5.97 Å². The predicted octanol–water partition coefficient (Wildman–Crippen LogP) is 5.07. The van der Waals surface area contributed by atoms with Crippen LogP contribution in [0, 0.1) is 11.3 Å². The Balaban J connectivity index is 1.56. The summed E-state index contributed by atoms with van der Waals surface area (Å²) in [4.78, 5) is 24.1. The third-order valence-electron chi connectivity index (χ3n) is 6.37. The first kappa shape index (κ1) is 20.9. The number of aliphatic carboxylic acids is 1. The normalized spacial score (nSPS) is 15.7. The molecule has 5 nitrogen and oxygen atoms in total. The Morgan fingerprint density at radius 3 is 2.68 bits per heavy atom. The van der Waals surface area contributed by atoms with Gasteiger partial charge in [-0.1, -0.05) is 26.0 Å². The Kier molecular flexibility index (Phi) is 5.41. The van der Waals surface area contributed by atoms with E-state index in [0.29, 0.717) is 36.3 Å². The number of nitrogens with zero attached hydrogens (tertiary/aromatic N) is 1. The van der Waals surface area contributed by atoms with Gasteiger partial charge in [-0.15, -0.1) is 0 Å². The molecule has 0 fully saturated rings. The highest BCUT2D eigenvalue weighted by Crippen LogP contribution is 2.50. The van der Waals surface area contributed by atoms with Crippen LogP contribution in [-0.2, 0) is 16.6 Å². The Hall–Kier alpha value is -3.39. The molecule has 5 heteroatoms. The van der Waals surface area contributed by atoms with Gasteiger partial charge in [-0.05, 0) is 72.2 Å². The number of hydrogen-bond donors (Lipinski definition) is 1. The highest BCUT2D eigenvalue weighted by atomic mass is 16.5. The van der Waals surface area contributed by atoms with Crippen LogP contribution >= 0.6 is 0 Å². The fraction of sp³-hybridized carbons (Fsp3) is 0.346. The van der Waals surface area contributed by atoms with Gasteiger partial charge in [0.05, 0.1) is 18.2 Å². The topological polar surface area (TPSA) is 87.4 Å². The minimum Gasteiger partial charge on any atom is -0.494 e. The fourth-order valence-corrected chi connectivity index (χ4v) is 4.68. The molecule has 0 saturated carbocycles. The number of carboxylic acid groups (broad SMARTS) is 1. The van der Waals surface area contributed by atoms with E-state index in [9.17, 15) is 14.9 Å². The third kappa shape index (κ3) is 3.74. The van der Waals surface area contributed by atoms with E-state index in [1.165, 1.54) is 0 Å². The summed E-state index contributed by atoms with van der Waals surface area (Å²) in [6.45, 7) is 4.78. The van der Waals surface area contributed by atoms with Gasteiger partial charge in [-0.2, -0.15) is 5.26 Å². The number of carbonyl (C=O) groups excluding carboxylic acids is 1. The van der Waals surface area contributed by atoms with E-state index in [-0.39, 0.29) is 17.6 Å². The molecule has 2 aromatic carbocycles. The van der Waals surface area contributed by atoms with Gasteiger partial charge < -0.3 is 9.84 Å². The first-order valence-electron chi connectivity index (χ1n) is 10.6. The van der Waals surface area contributed by atoms with E-state index in [1.807, 2.05) is 30.3 Å². The van der Waals surface area contributed by atoms with E-state index in [4.69, 9.17) is 9.84 Å². The first-order chi connectivity index (χ1) is 14.8. The van der Waals surface area contributed by atoms with E-state index in [2.05, 4.69) is 19.9 Å². The summed E-state index contributed by atoms with van der Waals surface area (Å²) in [5, 5.41) is 17.9. The van der Waals surface area contributed by atoms with Crippen LogP contribution in [0.15, 0.2) is 42.0 Å². The number of carbonyl (C=O) groups is 2. The molecular weight excluding hydrogens is 390 g/mol. The van der Waals surface area contributed by atoms with Crippen LogP contribution < -0.4 is 4.74 Å². The molecule has 158 valence electrons. The molecule has 0 saturated heterocycles. The zero-order chi connectivity index (χ0) is 22.2. The number of ketones is 1. The first-order valence-corrected chi connectivity index (χ1v) is 10.6. The molecule has 4 rings (SSSR count). The average molecular weight is 415 g/mol. The minimum absolute atomic E-state index is 0.0136. The number of nitriles is 1. The molecule has 0 bridgehead atoms. The number of Topliss-reactive ketones (excluding diaryl/α,β-unsaturated/α-hetero) is 1. The van der Waals surface area contributed by atoms with Crippen LogP contribution in [0.4, 0.5) is 0 Å². The quantitative estimate of drug-likeness (QED) is 0.638. The van der Waals surface area contributed by atoms with Gasteiger partial charge in [-0.25, -0.2) is 0 Å². The number of fused-ring (bicyclic) bond motifs is 3. The lowest BCUT2D eigenvalue weighted by atomic mass is 9.68. The molecule has 1 N–H and O–H groups in total. The van der Waals surface area contributed by atoms with Crippen LogP contribution in [0.1, 0.15) is 72.1 Å². The third-order valence-corrected chi connectivity index (χ3v) is 6.37. The summed E-state index contributed by atoms with van der Waals surface area (Å²) >= 11 is 0. The number of ether oxygens (including phenoxy) is 1. The summed E-state index contributed by atoms with van der Waals surface area (Å²) in [5.74, 6) is -0.106. The van der Waals surface area contributed by atoms with Crippen LogP contribution in [0.5, 0.6) is 5.75 Å². The Morgan fingerprint density at radius 2 is 1.94 bits per heavy atom. The van der Waals surface area contributed by atoms with Gasteiger partial charge in [0.2, 0.25) is 0 Å². The Labute approximate surface area is 182 Å². The van der Waals surface area contributed by atoms with Gasteiger partial charge in [-0.3, -0.25) is 9.59 Å². The van der Waals surface area contributed by atoms with Crippen LogP contribution in [0.25, 0.3) is 5.57 Å². The molecule has 0 amide bonds. The predicted molar refractivity (Wildman–Crippen MR) is 117 cm³/mol. The lowest BCUT2D eigenvalue weighted by Gasteiger charge is -2.34. The van der Waals surface area contributed by atoms with Crippen molar-refractivity contribution in [3.8, 4) is 11.8 Å². The molecule has 0 unspecified atom stereocenters. The van der Waals surface area contributed by atoms with Gasteiger partial charge in [0.1, 0.15) is 5.75 Å². The van der Waals surface area contributed by atoms with E-state index < -0.39 is 5.97 Å². The second-order valence-electron chi connectivity index (χ2n) is 8.73. The van der Waals surface area contributed by atoms with Crippen molar-refractivity contribution in [1.29, 1.82) is 5.26 Å². The second-order valence-corrected chi connectivity index (χ2v) is 8.73. The monoisotopic (exact) mass is 415 g/mol. The lowest BCUT2D eigenvalue weighted by Crippen LogP contribution is -2.29. The summed E-state index contributed by atoms with van der Waals surface area (Å²) in [6, 6.07) is 13.5. The molecule has 2 aromatic rings. The zero-order valence-corrected chi connectivity index (χ0v) is 17.8. The molecule has 2 aliphatic carbocycles. The maximum absolute atomic E-state index is 13.5. The number of allylic oxidation sites excluding steroid dienone is 2. The van der Waals surface area contributed by atoms with Gasteiger partial charge in [0.15, 0.2) is 5.78 Å². The summed E-state index contributed by atoms with van der Waals surface area (Å²) in [6.07, 6.45) is 3.07. The zero-order valence-electron chi connectivity index (χ0n) is 17.8. The van der Waals surface area contributed by atoms with Gasteiger partial charge in [0.25, 0.3) is 0 Å². The lowest BCUT2D eigenvalue weighted by molar-refractivity contribution is -0.137. The number of benzene rings is 2. The summed E-state index contributed by atoms with van der Waals surface area (Å²) in [7, 11) is 0. The van der Waals surface area contributed by atoms with Crippen molar-refractivity contribution in [2.75, 3.05) is 6.61 Å². The van der Waals surface area contributed by atoms with Crippen molar-refractivity contribution in [3.05, 3.63) is 69.8 Å². The van der Waals surface area contributed by atoms with Crippen molar-refractivity contribution in [2.24, 2.45) is 0 Å². The number of hydrogen-bond acceptors (Lipinski definition) is 4. The van der Waals surface area contributed by atoms with E-state index in [1.54, 1.807) is 6.07 Å². The molecule has 0 aromatic heterocycles. The highest BCUT2D eigenvalue weighted by molar-refractivity contribution is 6.33. The smallest absolute Gasteiger partial charge is 0.303 e. The maximum Gasteiger partial charge on any atom is 0.303 e. The standard InChI is InChI=1S/C26H25NO4/c1-26(2)21-10-8-18(31-11-5-3-4-6-23(28)29)14-20(21)25(30)24-19-9-7-16(15-27)12-17(19)13-22(24)26/h7-10,12,14H,3-6,11,13H2,1-2H3,(H,28,29). The largest absolute Gasteiger partial charge is 0.494 e. The molecule has 0 spiro atoms. The minimum atomic E-state index is -0.775. The Morgan fingerprint density at radius 1 is 1.13 bits per heavy atom. The second kappa shape index (κ2) is 8.03. The van der Waals surface area contributed by atoms with Gasteiger partial charge in [0, 0.05) is 23.0 Å². The van der Waals surface area contributed by atoms with E-state index >= 15 is 0 Å². The molecule has 31 heavy (non-hydrogen) atoms. The van der Waals surface area contributed by atoms with Crippen LogP contribution in [-0.4, -0.2) is 23.5 Å². The van der Waals surface area contributed by atoms with Crippen LogP contribution in [0.2, 0.25) is 0 Å². The van der Waals surface area contributed by atoms with Crippen LogP contribution in [0.3, 0.4) is 0 Å². The molecular formula is C26H25NO4. The van der Waals surface area contributed by atoms with Crippen molar-refractivity contribution >= 4 is 17.3 Å². The molecule has 0 atom stereocenters. The molecule has 2 aliphatic rings. The average Bonchev–Trinajstić information content (AvgIpc) is 3.14. The summed E-state index contributed by atoms with van der Waals surface area (Å²) in [5.41, 5.74) is 5.84. The maximum atomic E-state index is 13.5. The molecule has 0 heterocycles. The van der Waals surface area contributed by atoms with E-state index in [0.717, 1.165) is 40.7 Å². The molecule has 0 aliphatic heterocycles. The SMILES string of the molecule is CC1(C)C2=C(C(=O)c3cc(OCCCCCC(=O)O)ccc31)c1ccc(C#N)cc1C2. The number of rotatable bonds is 7. The number of carboxylic acids is 1. The Bertz CT molecular complexity index is 1150. The number of unbranched alkanes of at least 4 members (excludes halogenated alkanes) is 2.